The zero-order chi connectivity index (χ0) is 14.1. The van der Waals surface area contributed by atoms with Gasteiger partial charge in [0.05, 0.1) is 11.6 Å². The van der Waals surface area contributed by atoms with Crippen molar-refractivity contribution in [3.05, 3.63) is 47.1 Å². The molecular formula is C15H16ClN3S. The van der Waals surface area contributed by atoms with Crippen molar-refractivity contribution in [2.75, 3.05) is 11.4 Å². The Morgan fingerprint density at radius 3 is 2.95 bits per heavy atom. The highest BCUT2D eigenvalue weighted by atomic mass is 35.5. The summed E-state index contributed by atoms with van der Waals surface area (Å²) in [6.07, 6.45) is 2.03. The second-order valence-corrected chi connectivity index (χ2v) is 5.79. The molecule has 104 valence electrons. The van der Waals surface area contributed by atoms with E-state index in [-0.39, 0.29) is 0 Å². The van der Waals surface area contributed by atoms with Gasteiger partial charge in [0.25, 0.3) is 0 Å². The average Bonchev–Trinajstić information content (AvgIpc) is 3.00. The van der Waals surface area contributed by atoms with Crippen LogP contribution in [0.3, 0.4) is 0 Å². The summed E-state index contributed by atoms with van der Waals surface area (Å²) in [5.74, 6) is 1.41. The number of thiazole rings is 1. The highest BCUT2D eigenvalue weighted by molar-refractivity contribution is 7.15. The predicted octanol–water partition coefficient (Wildman–Crippen LogP) is 4.60. The van der Waals surface area contributed by atoms with Gasteiger partial charge in [-0.2, -0.15) is 0 Å². The second-order valence-electron chi connectivity index (χ2n) is 4.65. The Bertz CT molecular complexity index is 732. The topological polar surface area (TPSA) is 20.5 Å². The van der Waals surface area contributed by atoms with Crippen LogP contribution in [0, 0.1) is 6.92 Å². The van der Waals surface area contributed by atoms with Crippen molar-refractivity contribution in [2.45, 2.75) is 19.7 Å². The van der Waals surface area contributed by atoms with Crippen molar-refractivity contribution in [2.24, 2.45) is 0 Å². The molecule has 0 aliphatic heterocycles. The minimum atomic E-state index is 0.454. The minimum absolute atomic E-state index is 0.454. The molecule has 0 fully saturated rings. The number of rotatable bonds is 4. The van der Waals surface area contributed by atoms with E-state index >= 15 is 0 Å². The van der Waals surface area contributed by atoms with Gasteiger partial charge in [-0.25, -0.2) is 4.98 Å². The monoisotopic (exact) mass is 305 g/mol. The predicted molar refractivity (Wildman–Crippen MR) is 86.5 cm³/mol. The molecule has 0 saturated heterocycles. The minimum Gasteiger partial charge on any atom is -0.325 e. The molecule has 0 bridgehead atoms. The van der Waals surface area contributed by atoms with Crippen molar-refractivity contribution < 1.29 is 0 Å². The van der Waals surface area contributed by atoms with E-state index < -0.39 is 0 Å². The van der Waals surface area contributed by atoms with Gasteiger partial charge < -0.3 is 4.90 Å². The number of hydrogen-bond donors (Lipinski definition) is 0. The first-order chi connectivity index (χ1) is 9.74. The molecule has 0 N–H and O–H groups in total. The Labute approximate surface area is 127 Å². The van der Waals surface area contributed by atoms with Crippen LogP contribution >= 0.6 is 22.9 Å². The van der Waals surface area contributed by atoms with Gasteiger partial charge in [-0.15, -0.1) is 22.9 Å². The normalized spacial score (nSPS) is 11.2. The van der Waals surface area contributed by atoms with E-state index in [9.17, 15) is 0 Å². The SMILES string of the molecule is CCN(c1cccc(C)c1)c1nc2sccn2c1CCl. The van der Waals surface area contributed by atoms with Crippen LogP contribution < -0.4 is 4.90 Å². The number of fused-ring (bicyclic) bond motifs is 1. The third-order valence-electron chi connectivity index (χ3n) is 3.35. The smallest absolute Gasteiger partial charge is 0.195 e. The molecule has 0 saturated carbocycles. The number of aromatic nitrogens is 2. The van der Waals surface area contributed by atoms with Gasteiger partial charge in [-0.1, -0.05) is 12.1 Å². The van der Waals surface area contributed by atoms with E-state index in [1.165, 1.54) is 5.56 Å². The van der Waals surface area contributed by atoms with Gasteiger partial charge in [0.1, 0.15) is 0 Å². The number of hydrogen-bond acceptors (Lipinski definition) is 3. The number of anilines is 2. The molecule has 0 amide bonds. The molecule has 2 aromatic heterocycles. The molecule has 2 heterocycles. The Morgan fingerprint density at radius 2 is 2.25 bits per heavy atom. The van der Waals surface area contributed by atoms with Gasteiger partial charge >= 0.3 is 0 Å². The van der Waals surface area contributed by atoms with E-state index in [0.717, 1.165) is 28.7 Å². The summed E-state index contributed by atoms with van der Waals surface area (Å²) in [5, 5.41) is 2.03. The molecule has 5 heteroatoms. The van der Waals surface area contributed by atoms with Crippen molar-refractivity contribution in [1.82, 2.24) is 9.38 Å². The fraction of sp³-hybridized carbons (Fsp3) is 0.267. The number of alkyl halides is 1. The van der Waals surface area contributed by atoms with Crippen molar-refractivity contribution in [3.63, 3.8) is 0 Å². The molecular weight excluding hydrogens is 290 g/mol. The summed E-state index contributed by atoms with van der Waals surface area (Å²) < 4.78 is 2.07. The van der Waals surface area contributed by atoms with E-state index in [1.807, 2.05) is 11.6 Å². The molecule has 20 heavy (non-hydrogen) atoms. The van der Waals surface area contributed by atoms with Gasteiger partial charge in [-0.05, 0) is 31.5 Å². The fourth-order valence-corrected chi connectivity index (χ4v) is 3.39. The molecule has 0 aliphatic carbocycles. The Kier molecular flexibility index (Phi) is 3.68. The molecule has 3 nitrogen and oxygen atoms in total. The van der Waals surface area contributed by atoms with Crippen LogP contribution in [0.25, 0.3) is 4.96 Å². The third kappa shape index (κ3) is 2.19. The van der Waals surface area contributed by atoms with E-state index in [4.69, 9.17) is 16.6 Å². The largest absolute Gasteiger partial charge is 0.325 e. The van der Waals surface area contributed by atoms with E-state index in [0.29, 0.717) is 5.88 Å². The quantitative estimate of drug-likeness (QED) is 0.657. The summed E-state index contributed by atoms with van der Waals surface area (Å²) in [6.45, 7) is 5.09. The first kappa shape index (κ1) is 13.5. The lowest BCUT2D eigenvalue weighted by Crippen LogP contribution is -2.18. The molecule has 1 aromatic carbocycles. The van der Waals surface area contributed by atoms with Crippen molar-refractivity contribution >= 4 is 39.4 Å². The molecule has 0 radical (unpaired) electrons. The van der Waals surface area contributed by atoms with Crippen LogP contribution in [0.2, 0.25) is 0 Å². The number of halogens is 1. The first-order valence-electron chi connectivity index (χ1n) is 6.59. The second kappa shape index (κ2) is 5.46. The Hall–Kier alpha value is -1.52. The van der Waals surface area contributed by atoms with Gasteiger partial charge in [-0.3, -0.25) is 4.40 Å². The molecule has 0 aliphatic rings. The van der Waals surface area contributed by atoms with Crippen LogP contribution in [-0.4, -0.2) is 15.9 Å². The average molecular weight is 306 g/mol. The maximum Gasteiger partial charge on any atom is 0.195 e. The van der Waals surface area contributed by atoms with Crippen LogP contribution in [0.5, 0.6) is 0 Å². The van der Waals surface area contributed by atoms with Crippen LogP contribution in [-0.2, 0) is 5.88 Å². The molecule has 0 unspecified atom stereocenters. The van der Waals surface area contributed by atoms with E-state index in [1.54, 1.807) is 11.3 Å². The molecule has 0 spiro atoms. The van der Waals surface area contributed by atoms with Crippen molar-refractivity contribution in [1.29, 1.82) is 0 Å². The van der Waals surface area contributed by atoms with Crippen molar-refractivity contribution in [3.8, 4) is 0 Å². The standard InChI is InChI=1S/C15H16ClN3S/c1-3-18(12-6-4-5-11(2)9-12)14-13(10-16)19-7-8-20-15(19)17-14/h4-9H,3,10H2,1-2H3. The van der Waals surface area contributed by atoms with Gasteiger partial charge in [0.2, 0.25) is 0 Å². The number of benzene rings is 1. The Balaban J connectivity index is 2.13. The van der Waals surface area contributed by atoms with Gasteiger partial charge in [0.15, 0.2) is 10.8 Å². The third-order valence-corrected chi connectivity index (χ3v) is 4.36. The molecule has 3 rings (SSSR count). The highest BCUT2D eigenvalue weighted by Gasteiger charge is 2.18. The molecule has 0 atom stereocenters. The maximum atomic E-state index is 6.15. The summed E-state index contributed by atoms with van der Waals surface area (Å²) >= 11 is 7.78. The lowest BCUT2D eigenvalue weighted by atomic mass is 10.2. The first-order valence-corrected chi connectivity index (χ1v) is 8.00. The van der Waals surface area contributed by atoms with E-state index in [2.05, 4.69) is 47.4 Å². The lowest BCUT2D eigenvalue weighted by molar-refractivity contribution is 0.980. The zero-order valence-electron chi connectivity index (χ0n) is 11.5. The van der Waals surface area contributed by atoms with Crippen LogP contribution in [0.1, 0.15) is 18.2 Å². The summed E-state index contributed by atoms with van der Waals surface area (Å²) in [4.78, 5) is 7.94. The summed E-state index contributed by atoms with van der Waals surface area (Å²) in [5.41, 5.74) is 3.45. The summed E-state index contributed by atoms with van der Waals surface area (Å²) in [6, 6.07) is 8.47. The van der Waals surface area contributed by atoms with Gasteiger partial charge in [0, 0.05) is 23.8 Å². The molecule has 3 aromatic rings. The zero-order valence-corrected chi connectivity index (χ0v) is 13.1. The number of aryl methyl sites for hydroxylation is 1. The lowest BCUT2D eigenvalue weighted by Gasteiger charge is -2.22. The summed E-state index contributed by atoms with van der Waals surface area (Å²) in [7, 11) is 0. The number of imidazole rings is 1. The van der Waals surface area contributed by atoms with Crippen LogP contribution in [0.4, 0.5) is 11.5 Å². The van der Waals surface area contributed by atoms with Crippen LogP contribution in [0.15, 0.2) is 35.8 Å². The highest BCUT2D eigenvalue weighted by Crippen LogP contribution is 2.31. The fourth-order valence-electron chi connectivity index (χ4n) is 2.41. The Morgan fingerprint density at radius 1 is 1.40 bits per heavy atom. The maximum absolute atomic E-state index is 6.15. The number of nitrogens with zero attached hydrogens (tertiary/aromatic N) is 3.